The van der Waals surface area contributed by atoms with Gasteiger partial charge in [0.2, 0.25) is 0 Å². The third-order valence-electron chi connectivity index (χ3n) is 7.97. The highest BCUT2D eigenvalue weighted by atomic mass is 14.9. The Kier molecular flexibility index (Phi) is 5.79. The van der Waals surface area contributed by atoms with E-state index in [2.05, 4.69) is 120 Å². The van der Waals surface area contributed by atoms with Gasteiger partial charge in [0.05, 0.1) is 11.4 Å². The molecule has 0 spiro atoms. The zero-order chi connectivity index (χ0) is 27.9. The number of fused-ring (bicyclic) bond motifs is 6. The van der Waals surface area contributed by atoms with E-state index in [0.717, 1.165) is 39.2 Å². The molecule has 3 heteroatoms. The predicted molar refractivity (Wildman–Crippen MR) is 174 cm³/mol. The van der Waals surface area contributed by atoms with Crippen LogP contribution in [0.2, 0.25) is 0 Å². The van der Waals surface area contributed by atoms with Crippen molar-refractivity contribution in [1.82, 2.24) is 15.0 Å². The van der Waals surface area contributed by atoms with Gasteiger partial charge in [0, 0.05) is 34.6 Å². The molecule has 8 aromatic rings. The van der Waals surface area contributed by atoms with E-state index < -0.39 is 0 Å². The lowest BCUT2D eigenvalue weighted by molar-refractivity contribution is 1.18. The largest absolute Gasteiger partial charge is 0.264 e. The minimum Gasteiger partial charge on any atom is -0.264 e. The quantitative estimate of drug-likeness (QED) is 0.211. The van der Waals surface area contributed by atoms with Crippen LogP contribution in [0.5, 0.6) is 0 Å². The molecular weight excluding hydrogens is 510 g/mol. The Hall–Kier alpha value is -5.67. The maximum atomic E-state index is 5.20. The molecule has 0 atom stereocenters. The summed E-state index contributed by atoms with van der Waals surface area (Å²) in [5.74, 6) is 0.700. The van der Waals surface area contributed by atoms with Crippen LogP contribution in [0.3, 0.4) is 0 Å². The molecule has 2 heterocycles. The first-order valence-electron chi connectivity index (χ1n) is 14.1. The highest BCUT2D eigenvalue weighted by Crippen LogP contribution is 2.38. The smallest absolute Gasteiger partial charge is 0.160 e. The molecule has 0 aliphatic carbocycles. The van der Waals surface area contributed by atoms with Crippen molar-refractivity contribution >= 4 is 32.3 Å². The van der Waals surface area contributed by atoms with E-state index in [1.165, 1.54) is 32.3 Å². The summed E-state index contributed by atoms with van der Waals surface area (Å²) in [7, 11) is 0. The first-order valence-corrected chi connectivity index (χ1v) is 14.1. The number of hydrogen-bond acceptors (Lipinski definition) is 3. The van der Waals surface area contributed by atoms with E-state index in [1.807, 2.05) is 30.5 Å². The van der Waals surface area contributed by atoms with Gasteiger partial charge in [0.15, 0.2) is 5.82 Å². The summed E-state index contributed by atoms with van der Waals surface area (Å²) in [6, 6.07) is 48.8. The van der Waals surface area contributed by atoms with Crippen LogP contribution in [0.15, 0.2) is 152 Å². The third-order valence-corrected chi connectivity index (χ3v) is 7.97. The molecule has 0 saturated heterocycles. The second-order valence-corrected chi connectivity index (χ2v) is 10.5. The fourth-order valence-corrected chi connectivity index (χ4v) is 6.00. The topological polar surface area (TPSA) is 38.7 Å². The van der Waals surface area contributed by atoms with Gasteiger partial charge in [0.1, 0.15) is 0 Å². The summed E-state index contributed by atoms with van der Waals surface area (Å²) in [6.45, 7) is 0. The molecule has 42 heavy (non-hydrogen) atoms. The first kappa shape index (κ1) is 24.2. The molecule has 0 aliphatic rings. The Morgan fingerprint density at radius 3 is 1.62 bits per heavy atom. The average molecular weight is 536 g/mol. The van der Waals surface area contributed by atoms with Crippen LogP contribution in [-0.2, 0) is 0 Å². The van der Waals surface area contributed by atoms with Gasteiger partial charge in [-0.25, -0.2) is 9.97 Å². The highest BCUT2D eigenvalue weighted by Gasteiger charge is 2.15. The summed E-state index contributed by atoms with van der Waals surface area (Å²) in [6.07, 6.45) is 3.70. The monoisotopic (exact) mass is 535 g/mol. The number of nitrogens with zero attached hydrogens (tertiary/aromatic N) is 3. The van der Waals surface area contributed by atoms with Crippen LogP contribution >= 0.6 is 0 Å². The fraction of sp³-hybridized carbons (Fsp3) is 0. The minimum atomic E-state index is 0.700. The van der Waals surface area contributed by atoms with Crippen molar-refractivity contribution in [2.75, 3.05) is 0 Å². The molecule has 0 bridgehead atoms. The minimum absolute atomic E-state index is 0.700. The lowest BCUT2D eigenvalue weighted by Gasteiger charge is -2.14. The van der Waals surface area contributed by atoms with E-state index >= 15 is 0 Å². The van der Waals surface area contributed by atoms with E-state index in [-0.39, 0.29) is 0 Å². The molecule has 196 valence electrons. The van der Waals surface area contributed by atoms with E-state index in [4.69, 9.17) is 9.97 Å². The second-order valence-electron chi connectivity index (χ2n) is 10.5. The maximum absolute atomic E-state index is 5.20. The van der Waals surface area contributed by atoms with Gasteiger partial charge >= 0.3 is 0 Å². The van der Waals surface area contributed by atoms with Crippen molar-refractivity contribution in [1.29, 1.82) is 0 Å². The summed E-state index contributed by atoms with van der Waals surface area (Å²) >= 11 is 0. The molecule has 0 fully saturated rings. The first-order chi connectivity index (χ1) is 20.8. The van der Waals surface area contributed by atoms with Crippen molar-refractivity contribution < 1.29 is 0 Å². The van der Waals surface area contributed by atoms with Crippen LogP contribution in [0.4, 0.5) is 0 Å². The molecular formula is C39H25N3. The third kappa shape index (κ3) is 4.11. The zero-order valence-corrected chi connectivity index (χ0v) is 22.8. The Labute approximate surface area is 243 Å². The number of pyridine rings is 1. The van der Waals surface area contributed by atoms with Gasteiger partial charge in [-0.05, 0) is 56.1 Å². The second kappa shape index (κ2) is 10.1. The lowest BCUT2D eigenvalue weighted by atomic mass is 9.93. The Morgan fingerprint density at radius 2 is 0.929 bits per heavy atom. The average Bonchev–Trinajstić information content (AvgIpc) is 3.09. The number of rotatable bonds is 4. The van der Waals surface area contributed by atoms with Gasteiger partial charge < -0.3 is 0 Å². The Morgan fingerprint density at radius 1 is 0.357 bits per heavy atom. The predicted octanol–water partition coefficient (Wildman–Crippen LogP) is 10.00. The molecule has 3 nitrogen and oxygen atoms in total. The lowest BCUT2D eigenvalue weighted by Crippen LogP contribution is -1.97. The molecule has 0 aliphatic heterocycles. The molecule has 6 aromatic carbocycles. The summed E-state index contributed by atoms with van der Waals surface area (Å²) in [5, 5.41) is 7.44. The Bertz CT molecular complexity index is 2200. The zero-order valence-electron chi connectivity index (χ0n) is 22.8. The normalized spacial score (nSPS) is 11.3. The van der Waals surface area contributed by atoms with Gasteiger partial charge in [-0.15, -0.1) is 0 Å². The van der Waals surface area contributed by atoms with Crippen LogP contribution in [-0.4, -0.2) is 15.0 Å². The van der Waals surface area contributed by atoms with Gasteiger partial charge in [-0.3, -0.25) is 4.98 Å². The number of benzene rings is 6. The highest BCUT2D eigenvalue weighted by molar-refractivity contribution is 6.25. The standard InChI is InChI=1S/C39H25N3/c1-2-11-26(12-3-1)37-24-38(35-19-9-4-14-29(35)28-13-10-22-40-25-28)42-39(41-37)27-20-21-34-32-17-6-5-15-30(32)31-16-7-8-18-33(31)36(34)23-27/h1-25H. The SMILES string of the molecule is c1ccc(-c2cc(-c3ccccc3-c3cccnc3)nc(-c3ccc4c5ccccc5c5ccccc5c4c3)n2)cc1. The molecule has 0 radical (unpaired) electrons. The molecule has 2 aromatic heterocycles. The van der Waals surface area contributed by atoms with Gasteiger partial charge in [-0.1, -0.05) is 121 Å². The molecule has 0 amide bonds. The van der Waals surface area contributed by atoms with Crippen molar-refractivity contribution in [3.8, 4) is 45.0 Å². The summed E-state index contributed by atoms with van der Waals surface area (Å²) in [5.41, 5.74) is 6.99. The molecule has 0 unspecified atom stereocenters. The summed E-state index contributed by atoms with van der Waals surface area (Å²) in [4.78, 5) is 14.7. The number of hydrogen-bond donors (Lipinski definition) is 0. The molecule has 0 saturated carbocycles. The number of aromatic nitrogens is 3. The maximum Gasteiger partial charge on any atom is 0.160 e. The van der Waals surface area contributed by atoms with Gasteiger partial charge in [0.25, 0.3) is 0 Å². The Balaban J connectivity index is 1.39. The van der Waals surface area contributed by atoms with Crippen LogP contribution < -0.4 is 0 Å². The fourth-order valence-electron chi connectivity index (χ4n) is 6.00. The van der Waals surface area contributed by atoms with E-state index in [1.54, 1.807) is 6.20 Å². The van der Waals surface area contributed by atoms with Crippen molar-refractivity contribution in [3.05, 3.63) is 152 Å². The van der Waals surface area contributed by atoms with E-state index in [0.29, 0.717) is 5.82 Å². The van der Waals surface area contributed by atoms with Crippen molar-refractivity contribution in [3.63, 3.8) is 0 Å². The van der Waals surface area contributed by atoms with Crippen molar-refractivity contribution in [2.45, 2.75) is 0 Å². The van der Waals surface area contributed by atoms with Crippen LogP contribution in [0.25, 0.3) is 77.3 Å². The van der Waals surface area contributed by atoms with E-state index in [9.17, 15) is 0 Å². The molecule has 0 N–H and O–H groups in total. The van der Waals surface area contributed by atoms with Gasteiger partial charge in [-0.2, -0.15) is 0 Å². The van der Waals surface area contributed by atoms with Crippen molar-refractivity contribution in [2.24, 2.45) is 0 Å². The summed E-state index contributed by atoms with van der Waals surface area (Å²) < 4.78 is 0. The van der Waals surface area contributed by atoms with Crippen LogP contribution in [0.1, 0.15) is 0 Å². The van der Waals surface area contributed by atoms with Crippen LogP contribution in [0, 0.1) is 0 Å². The molecule has 8 rings (SSSR count).